The van der Waals surface area contributed by atoms with Gasteiger partial charge < -0.3 is 4.74 Å². The number of para-hydroxylation sites is 1. The molecule has 0 saturated carbocycles. The van der Waals surface area contributed by atoms with Gasteiger partial charge in [-0.2, -0.15) is 0 Å². The third-order valence-electron chi connectivity index (χ3n) is 4.58. The lowest BCUT2D eigenvalue weighted by molar-refractivity contribution is -0.122. The summed E-state index contributed by atoms with van der Waals surface area (Å²) in [6.45, 7) is 5.08. The maximum absolute atomic E-state index is 12.6. The van der Waals surface area contributed by atoms with E-state index in [0.29, 0.717) is 23.8 Å². The Morgan fingerprint density at radius 1 is 1.04 bits per heavy atom. The molecule has 28 heavy (non-hydrogen) atoms. The predicted molar refractivity (Wildman–Crippen MR) is 114 cm³/mol. The Morgan fingerprint density at radius 2 is 1.79 bits per heavy atom. The van der Waals surface area contributed by atoms with Crippen molar-refractivity contribution in [1.82, 2.24) is 4.90 Å². The molecular weight excluding hydrogens is 370 g/mol. The van der Waals surface area contributed by atoms with E-state index < -0.39 is 0 Å². The molecule has 1 saturated heterocycles. The van der Waals surface area contributed by atoms with E-state index in [2.05, 4.69) is 26.0 Å². The fraction of sp³-hybridized carbons (Fsp3) is 0.304. The summed E-state index contributed by atoms with van der Waals surface area (Å²) in [5.74, 6) is 0.486. The fourth-order valence-electron chi connectivity index (χ4n) is 2.93. The number of aryl methyl sites for hydroxylation is 1. The first-order valence-corrected chi connectivity index (χ1v) is 10.4. The molecule has 0 spiro atoms. The van der Waals surface area contributed by atoms with Gasteiger partial charge in [0, 0.05) is 12.1 Å². The third kappa shape index (κ3) is 5.04. The molecule has 1 fully saturated rings. The summed E-state index contributed by atoms with van der Waals surface area (Å²) in [7, 11) is 0. The van der Waals surface area contributed by atoms with E-state index in [1.54, 1.807) is 6.08 Å². The van der Waals surface area contributed by atoms with Gasteiger partial charge in [0.1, 0.15) is 12.4 Å². The lowest BCUT2D eigenvalue weighted by atomic mass is 10.1. The Balaban J connectivity index is 1.72. The Kier molecular flexibility index (Phi) is 6.93. The van der Waals surface area contributed by atoms with Crippen LogP contribution in [0.1, 0.15) is 42.9 Å². The maximum atomic E-state index is 12.6. The van der Waals surface area contributed by atoms with Crippen LogP contribution in [0.4, 0.5) is 4.79 Å². The molecule has 2 aromatic carbocycles. The highest BCUT2D eigenvalue weighted by Gasteiger charge is 2.34. The SMILES string of the molecule is CCCCCN1C(=O)S/C(=C\c2ccccc2OCc2ccc(C)cc2)C1=O. The van der Waals surface area contributed by atoms with Gasteiger partial charge in [0.2, 0.25) is 0 Å². The van der Waals surface area contributed by atoms with Gasteiger partial charge in [0.15, 0.2) is 0 Å². The Bertz CT molecular complexity index is 874. The minimum Gasteiger partial charge on any atom is -0.488 e. The summed E-state index contributed by atoms with van der Waals surface area (Å²) in [4.78, 5) is 26.6. The Hall–Kier alpha value is -2.53. The fourth-order valence-corrected chi connectivity index (χ4v) is 3.79. The number of hydrogen-bond donors (Lipinski definition) is 0. The minimum atomic E-state index is -0.209. The monoisotopic (exact) mass is 395 g/mol. The molecule has 5 heteroatoms. The van der Waals surface area contributed by atoms with Gasteiger partial charge in [-0.25, -0.2) is 0 Å². The second-order valence-corrected chi connectivity index (χ2v) is 7.85. The first-order valence-electron chi connectivity index (χ1n) is 9.61. The molecule has 2 amide bonds. The van der Waals surface area contributed by atoms with Gasteiger partial charge in [-0.05, 0) is 42.8 Å². The first kappa shape index (κ1) is 20.2. The van der Waals surface area contributed by atoms with E-state index in [0.717, 1.165) is 42.2 Å². The molecule has 0 unspecified atom stereocenters. The van der Waals surface area contributed by atoms with Crippen molar-refractivity contribution in [2.24, 2.45) is 0 Å². The number of thioether (sulfide) groups is 1. The van der Waals surface area contributed by atoms with Gasteiger partial charge in [-0.1, -0.05) is 67.8 Å². The van der Waals surface area contributed by atoms with Crippen LogP contribution in [0.25, 0.3) is 6.08 Å². The number of benzene rings is 2. The third-order valence-corrected chi connectivity index (χ3v) is 5.49. The van der Waals surface area contributed by atoms with Crippen molar-refractivity contribution in [3.05, 3.63) is 70.1 Å². The Morgan fingerprint density at radius 3 is 2.54 bits per heavy atom. The second-order valence-electron chi connectivity index (χ2n) is 6.85. The zero-order chi connectivity index (χ0) is 19.9. The quantitative estimate of drug-likeness (QED) is 0.419. The van der Waals surface area contributed by atoms with Crippen LogP contribution in [-0.2, 0) is 11.4 Å². The van der Waals surface area contributed by atoms with Gasteiger partial charge in [0.05, 0.1) is 4.91 Å². The smallest absolute Gasteiger partial charge is 0.293 e. The van der Waals surface area contributed by atoms with Crippen molar-refractivity contribution in [1.29, 1.82) is 0 Å². The van der Waals surface area contributed by atoms with Crippen molar-refractivity contribution in [3.63, 3.8) is 0 Å². The van der Waals surface area contributed by atoms with Crippen LogP contribution >= 0.6 is 11.8 Å². The molecule has 1 aliphatic rings. The zero-order valence-electron chi connectivity index (χ0n) is 16.3. The Labute approximate surface area is 170 Å². The van der Waals surface area contributed by atoms with E-state index >= 15 is 0 Å². The van der Waals surface area contributed by atoms with Crippen LogP contribution < -0.4 is 4.74 Å². The summed E-state index contributed by atoms with van der Waals surface area (Å²) >= 11 is 1.00. The summed E-state index contributed by atoms with van der Waals surface area (Å²) in [5, 5.41) is -0.189. The molecular formula is C23H25NO3S. The molecule has 0 radical (unpaired) electrons. The normalized spacial score (nSPS) is 15.5. The highest BCUT2D eigenvalue weighted by Crippen LogP contribution is 2.34. The molecule has 2 aromatic rings. The first-order chi connectivity index (χ1) is 13.6. The lowest BCUT2D eigenvalue weighted by Crippen LogP contribution is -2.29. The summed E-state index contributed by atoms with van der Waals surface area (Å²) < 4.78 is 5.98. The van der Waals surface area contributed by atoms with Gasteiger partial charge in [-0.15, -0.1) is 0 Å². The molecule has 0 bridgehead atoms. The number of hydrogen-bond acceptors (Lipinski definition) is 4. The number of imide groups is 1. The average molecular weight is 396 g/mol. The van der Waals surface area contributed by atoms with Crippen LogP contribution in [0.2, 0.25) is 0 Å². The van der Waals surface area contributed by atoms with Crippen LogP contribution in [-0.4, -0.2) is 22.6 Å². The van der Waals surface area contributed by atoms with Crippen LogP contribution in [0.3, 0.4) is 0 Å². The highest BCUT2D eigenvalue weighted by atomic mass is 32.2. The number of carbonyl (C=O) groups is 2. The molecule has 1 heterocycles. The van der Waals surface area contributed by atoms with Crippen LogP contribution in [0.5, 0.6) is 5.75 Å². The molecule has 1 aliphatic heterocycles. The number of nitrogens with zero attached hydrogens (tertiary/aromatic N) is 1. The largest absolute Gasteiger partial charge is 0.488 e. The number of amides is 2. The molecule has 0 atom stereocenters. The van der Waals surface area contributed by atoms with Crippen molar-refractivity contribution >= 4 is 29.0 Å². The second kappa shape index (κ2) is 9.60. The van der Waals surface area contributed by atoms with Crippen molar-refractivity contribution in [3.8, 4) is 5.75 Å². The van der Waals surface area contributed by atoms with E-state index in [9.17, 15) is 9.59 Å². The lowest BCUT2D eigenvalue weighted by Gasteiger charge is -2.12. The van der Waals surface area contributed by atoms with Crippen LogP contribution in [0.15, 0.2) is 53.4 Å². The van der Waals surface area contributed by atoms with E-state index in [4.69, 9.17) is 4.74 Å². The number of rotatable bonds is 8. The molecule has 4 nitrogen and oxygen atoms in total. The number of carbonyl (C=O) groups excluding carboxylic acids is 2. The van der Waals surface area contributed by atoms with Gasteiger partial charge >= 0.3 is 0 Å². The van der Waals surface area contributed by atoms with E-state index in [1.165, 1.54) is 10.5 Å². The van der Waals surface area contributed by atoms with Crippen LogP contribution in [0, 0.1) is 6.92 Å². The summed E-state index contributed by atoms with van der Waals surface area (Å²) in [6, 6.07) is 15.8. The molecule has 146 valence electrons. The summed E-state index contributed by atoms with van der Waals surface area (Å²) in [5.41, 5.74) is 3.09. The molecule has 0 N–H and O–H groups in total. The summed E-state index contributed by atoms with van der Waals surface area (Å²) in [6.07, 6.45) is 4.67. The van der Waals surface area contributed by atoms with E-state index in [-0.39, 0.29) is 11.1 Å². The van der Waals surface area contributed by atoms with Crippen molar-refractivity contribution in [2.75, 3.05) is 6.54 Å². The standard InChI is InChI=1S/C23H25NO3S/c1-3-4-7-14-24-22(25)21(28-23(24)26)15-19-8-5-6-9-20(19)27-16-18-12-10-17(2)11-13-18/h5-6,8-13,15H,3-4,7,14,16H2,1-2H3/b21-15-. The van der Waals surface area contributed by atoms with Crippen molar-refractivity contribution in [2.45, 2.75) is 39.7 Å². The maximum Gasteiger partial charge on any atom is 0.293 e. The number of unbranched alkanes of at least 4 members (excludes halogenated alkanes) is 2. The average Bonchev–Trinajstić information content (AvgIpc) is 2.96. The molecule has 3 rings (SSSR count). The molecule has 0 aliphatic carbocycles. The van der Waals surface area contributed by atoms with E-state index in [1.807, 2.05) is 36.4 Å². The van der Waals surface area contributed by atoms with Gasteiger partial charge in [-0.3, -0.25) is 14.5 Å². The zero-order valence-corrected chi connectivity index (χ0v) is 17.1. The predicted octanol–water partition coefficient (Wildman–Crippen LogP) is 5.80. The minimum absolute atomic E-state index is 0.189. The number of ether oxygens (including phenoxy) is 1. The molecule has 0 aromatic heterocycles. The topological polar surface area (TPSA) is 46.6 Å². The highest BCUT2D eigenvalue weighted by molar-refractivity contribution is 8.18. The van der Waals surface area contributed by atoms with Crippen molar-refractivity contribution < 1.29 is 14.3 Å². The van der Waals surface area contributed by atoms with Gasteiger partial charge in [0.25, 0.3) is 11.1 Å².